The minimum Gasteiger partial charge on any atom is -0.398 e. The van der Waals surface area contributed by atoms with Gasteiger partial charge in [-0.1, -0.05) is 12.8 Å². The molecule has 0 saturated heterocycles. The van der Waals surface area contributed by atoms with E-state index < -0.39 is 0 Å². The summed E-state index contributed by atoms with van der Waals surface area (Å²) in [6.45, 7) is 3.95. The summed E-state index contributed by atoms with van der Waals surface area (Å²) in [7, 11) is 2.22. The number of nitrogens with two attached hydrogens (primary N) is 1. The molecule has 0 amide bonds. The third-order valence-electron chi connectivity index (χ3n) is 3.86. The van der Waals surface area contributed by atoms with E-state index in [9.17, 15) is 0 Å². The Morgan fingerprint density at radius 2 is 2.17 bits per heavy atom. The van der Waals surface area contributed by atoms with Gasteiger partial charge in [-0.2, -0.15) is 0 Å². The standard InChI is InChI=1S/C14H24N4/c1-11-10-17-14(9-13(11)15)16-7-8-18(2)12-5-3-4-6-12/h9-10,12H,3-8H2,1-2H3,(H3,15,16,17). The largest absolute Gasteiger partial charge is 0.398 e. The molecule has 2 rings (SSSR count). The molecule has 1 fully saturated rings. The first-order valence-corrected chi connectivity index (χ1v) is 6.83. The monoisotopic (exact) mass is 248 g/mol. The summed E-state index contributed by atoms with van der Waals surface area (Å²) in [5.74, 6) is 0.873. The van der Waals surface area contributed by atoms with E-state index in [1.807, 2.05) is 19.2 Å². The number of aryl methyl sites for hydroxylation is 1. The van der Waals surface area contributed by atoms with Crippen LogP contribution >= 0.6 is 0 Å². The van der Waals surface area contributed by atoms with Crippen molar-refractivity contribution in [2.75, 3.05) is 31.2 Å². The van der Waals surface area contributed by atoms with E-state index in [0.29, 0.717) is 0 Å². The van der Waals surface area contributed by atoms with Crippen LogP contribution in [0.4, 0.5) is 11.5 Å². The van der Waals surface area contributed by atoms with Crippen molar-refractivity contribution in [3.05, 3.63) is 17.8 Å². The Balaban J connectivity index is 1.75. The van der Waals surface area contributed by atoms with Crippen molar-refractivity contribution in [1.82, 2.24) is 9.88 Å². The van der Waals surface area contributed by atoms with Gasteiger partial charge in [-0.05, 0) is 32.4 Å². The van der Waals surface area contributed by atoms with Crippen LogP contribution in [-0.2, 0) is 0 Å². The number of pyridine rings is 1. The van der Waals surface area contributed by atoms with Gasteiger partial charge in [0.25, 0.3) is 0 Å². The number of anilines is 2. The topological polar surface area (TPSA) is 54.2 Å². The molecule has 4 nitrogen and oxygen atoms in total. The molecule has 0 spiro atoms. The van der Waals surface area contributed by atoms with Gasteiger partial charge in [0.05, 0.1) is 0 Å². The van der Waals surface area contributed by atoms with Gasteiger partial charge in [-0.3, -0.25) is 0 Å². The molecule has 0 radical (unpaired) electrons. The second-order valence-corrected chi connectivity index (χ2v) is 5.27. The first-order valence-electron chi connectivity index (χ1n) is 6.83. The molecule has 18 heavy (non-hydrogen) atoms. The Morgan fingerprint density at radius 3 is 2.83 bits per heavy atom. The van der Waals surface area contributed by atoms with Crippen LogP contribution < -0.4 is 11.1 Å². The maximum absolute atomic E-state index is 5.86. The third kappa shape index (κ3) is 3.35. The average molecular weight is 248 g/mol. The summed E-state index contributed by atoms with van der Waals surface area (Å²) in [4.78, 5) is 6.78. The number of nitrogen functional groups attached to an aromatic ring is 1. The molecule has 1 aliphatic carbocycles. The molecule has 0 bridgehead atoms. The number of hydrogen-bond acceptors (Lipinski definition) is 4. The van der Waals surface area contributed by atoms with Crippen LogP contribution in [0.5, 0.6) is 0 Å². The Labute approximate surface area is 110 Å². The van der Waals surface area contributed by atoms with Crippen molar-refractivity contribution >= 4 is 11.5 Å². The van der Waals surface area contributed by atoms with Crippen LogP contribution in [-0.4, -0.2) is 36.1 Å². The quantitative estimate of drug-likeness (QED) is 0.839. The van der Waals surface area contributed by atoms with Crippen LogP contribution in [0.2, 0.25) is 0 Å². The van der Waals surface area contributed by atoms with E-state index in [-0.39, 0.29) is 0 Å². The second kappa shape index (κ2) is 6.05. The second-order valence-electron chi connectivity index (χ2n) is 5.27. The lowest BCUT2D eigenvalue weighted by atomic mass is 10.2. The van der Waals surface area contributed by atoms with Crippen LogP contribution in [0.25, 0.3) is 0 Å². The maximum atomic E-state index is 5.86. The van der Waals surface area contributed by atoms with Crippen LogP contribution in [0.1, 0.15) is 31.2 Å². The highest BCUT2D eigenvalue weighted by atomic mass is 15.1. The highest BCUT2D eigenvalue weighted by Crippen LogP contribution is 2.22. The summed E-state index contributed by atoms with van der Waals surface area (Å²) >= 11 is 0. The van der Waals surface area contributed by atoms with Crippen molar-refractivity contribution in [3.63, 3.8) is 0 Å². The van der Waals surface area contributed by atoms with Crippen molar-refractivity contribution in [2.24, 2.45) is 0 Å². The first-order chi connectivity index (χ1) is 8.66. The van der Waals surface area contributed by atoms with Gasteiger partial charge >= 0.3 is 0 Å². The van der Waals surface area contributed by atoms with Crippen LogP contribution in [0.15, 0.2) is 12.3 Å². The Kier molecular flexibility index (Phi) is 4.42. The van der Waals surface area contributed by atoms with E-state index in [1.54, 1.807) is 0 Å². The molecule has 1 aromatic heterocycles. The molecule has 4 heteroatoms. The van der Waals surface area contributed by atoms with Gasteiger partial charge in [-0.25, -0.2) is 4.98 Å². The van der Waals surface area contributed by atoms with E-state index in [2.05, 4.69) is 22.2 Å². The number of nitrogens with one attached hydrogen (secondary N) is 1. The summed E-state index contributed by atoms with van der Waals surface area (Å²) in [6, 6.07) is 2.69. The third-order valence-corrected chi connectivity index (χ3v) is 3.86. The molecular formula is C14H24N4. The molecule has 1 heterocycles. The van der Waals surface area contributed by atoms with E-state index in [1.165, 1.54) is 25.7 Å². The number of hydrogen-bond donors (Lipinski definition) is 2. The molecule has 0 atom stereocenters. The SMILES string of the molecule is Cc1cnc(NCCN(C)C2CCCC2)cc1N. The fraction of sp³-hybridized carbons (Fsp3) is 0.643. The first kappa shape index (κ1) is 13.1. The van der Waals surface area contributed by atoms with Crippen LogP contribution in [0, 0.1) is 6.92 Å². The number of likely N-dealkylation sites (N-methyl/N-ethyl adjacent to an activating group) is 1. The van der Waals surface area contributed by atoms with Crippen molar-refractivity contribution < 1.29 is 0 Å². The normalized spacial score (nSPS) is 16.4. The zero-order valence-corrected chi connectivity index (χ0v) is 11.4. The minimum absolute atomic E-state index is 0.780. The van der Waals surface area contributed by atoms with Gasteiger partial charge in [0.2, 0.25) is 0 Å². The van der Waals surface area contributed by atoms with Crippen LogP contribution in [0.3, 0.4) is 0 Å². The Hall–Kier alpha value is -1.29. The van der Waals surface area contributed by atoms with E-state index in [0.717, 1.165) is 36.2 Å². The zero-order chi connectivity index (χ0) is 13.0. The van der Waals surface area contributed by atoms with E-state index in [4.69, 9.17) is 5.73 Å². The maximum Gasteiger partial charge on any atom is 0.128 e. The lowest BCUT2D eigenvalue weighted by Crippen LogP contribution is -2.33. The smallest absolute Gasteiger partial charge is 0.128 e. The molecule has 1 aromatic rings. The molecule has 1 aliphatic rings. The molecule has 0 aliphatic heterocycles. The molecule has 0 aromatic carbocycles. The lowest BCUT2D eigenvalue weighted by molar-refractivity contribution is 0.254. The molecule has 1 saturated carbocycles. The van der Waals surface area contributed by atoms with Crippen molar-refractivity contribution in [1.29, 1.82) is 0 Å². The number of nitrogens with zero attached hydrogens (tertiary/aromatic N) is 2. The predicted molar refractivity (Wildman–Crippen MR) is 76.8 cm³/mol. The van der Waals surface area contributed by atoms with Gasteiger partial charge < -0.3 is 16.0 Å². The minimum atomic E-state index is 0.780. The van der Waals surface area contributed by atoms with Gasteiger partial charge in [0.15, 0.2) is 0 Å². The van der Waals surface area contributed by atoms with Crippen molar-refractivity contribution in [3.8, 4) is 0 Å². The zero-order valence-electron chi connectivity index (χ0n) is 11.4. The molecule has 3 N–H and O–H groups in total. The highest BCUT2D eigenvalue weighted by Gasteiger charge is 2.18. The van der Waals surface area contributed by atoms with Crippen molar-refractivity contribution in [2.45, 2.75) is 38.6 Å². The van der Waals surface area contributed by atoms with Gasteiger partial charge in [-0.15, -0.1) is 0 Å². The summed E-state index contributed by atoms with van der Waals surface area (Å²) in [5.41, 5.74) is 7.69. The Bertz CT molecular complexity index is 385. The van der Waals surface area contributed by atoms with Gasteiger partial charge in [0.1, 0.15) is 5.82 Å². The number of aromatic nitrogens is 1. The summed E-state index contributed by atoms with van der Waals surface area (Å²) < 4.78 is 0. The Morgan fingerprint density at radius 1 is 1.44 bits per heavy atom. The molecule has 0 unspecified atom stereocenters. The fourth-order valence-corrected chi connectivity index (χ4v) is 2.52. The molecule has 100 valence electrons. The predicted octanol–water partition coefficient (Wildman–Crippen LogP) is 2.26. The van der Waals surface area contributed by atoms with Gasteiger partial charge in [0, 0.05) is 37.1 Å². The summed E-state index contributed by atoms with van der Waals surface area (Å²) in [5, 5.41) is 3.33. The molecular weight excluding hydrogens is 224 g/mol. The fourth-order valence-electron chi connectivity index (χ4n) is 2.52. The average Bonchev–Trinajstić information content (AvgIpc) is 2.87. The number of rotatable bonds is 5. The van der Waals surface area contributed by atoms with E-state index >= 15 is 0 Å². The highest BCUT2D eigenvalue weighted by molar-refractivity contribution is 5.53. The lowest BCUT2D eigenvalue weighted by Gasteiger charge is -2.24. The summed E-state index contributed by atoms with van der Waals surface area (Å²) in [6.07, 6.45) is 7.30.